The summed E-state index contributed by atoms with van der Waals surface area (Å²) in [5, 5.41) is 4.36. The van der Waals surface area contributed by atoms with Crippen molar-refractivity contribution >= 4 is 16.9 Å². The maximum atomic E-state index is 13.3. The molecule has 1 heterocycles. The summed E-state index contributed by atoms with van der Waals surface area (Å²) in [5.41, 5.74) is 0.549. The molecule has 4 nitrogen and oxygen atoms in total. The average molecular weight is 374 g/mol. The van der Waals surface area contributed by atoms with Crippen molar-refractivity contribution in [2.24, 2.45) is 0 Å². The first-order valence-electron chi connectivity index (χ1n) is 8.27. The Bertz CT molecular complexity index is 924. The van der Waals surface area contributed by atoms with Crippen molar-refractivity contribution in [1.82, 2.24) is 10.3 Å². The Kier molecular flexibility index (Phi) is 5.30. The fraction of sp³-hybridized carbons (Fsp3) is 0.200. The lowest BCUT2D eigenvalue weighted by atomic mass is 10.00. The molecule has 2 aromatic carbocycles. The molecular formula is C20H17F3N2O2. The van der Waals surface area contributed by atoms with Gasteiger partial charge in [-0.3, -0.25) is 4.98 Å². The van der Waals surface area contributed by atoms with Gasteiger partial charge in [-0.25, -0.2) is 4.79 Å². The van der Waals surface area contributed by atoms with Crippen molar-refractivity contribution < 1.29 is 22.7 Å². The zero-order valence-corrected chi connectivity index (χ0v) is 14.4. The average Bonchev–Trinajstić information content (AvgIpc) is 2.65. The molecule has 7 heteroatoms. The van der Waals surface area contributed by atoms with Crippen molar-refractivity contribution in [3.8, 4) is 0 Å². The number of alkyl halides is 3. The summed E-state index contributed by atoms with van der Waals surface area (Å²) in [6.45, 7) is 1.69. The zero-order chi connectivity index (χ0) is 19.4. The van der Waals surface area contributed by atoms with Crippen molar-refractivity contribution in [3.05, 3.63) is 78.1 Å². The summed E-state index contributed by atoms with van der Waals surface area (Å²) in [4.78, 5) is 15.8. The molecule has 0 bridgehead atoms. The molecule has 0 aliphatic heterocycles. The van der Waals surface area contributed by atoms with Gasteiger partial charge in [-0.2, -0.15) is 13.2 Å². The molecule has 1 amide bonds. The summed E-state index contributed by atoms with van der Waals surface area (Å²) >= 11 is 0. The van der Waals surface area contributed by atoms with Crippen molar-refractivity contribution in [2.75, 3.05) is 0 Å². The van der Waals surface area contributed by atoms with Crippen molar-refractivity contribution in [3.63, 3.8) is 0 Å². The number of carbonyl (C=O) groups is 1. The van der Waals surface area contributed by atoms with E-state index in [9.17, 15) is 18.0 Å². The van der Waals surface area contributed by atoms with Crippen LogP contribution >= 0.6 is 0 Å². The van der Waals surface area contributed by atoms with E-state index in [0.29, 0.717) is 0 Å². The van der Waals surface area contributed by atoms with E-state index in [2.05, 4.69) is 10.3 Å². The largest absolute Gasteiger partial charge is 0.432 e. The predicted octanol–water partition coefficient (Wildman–Crippen LogP) is 5.33. The molecule has 3 rings (SSSR count). The summed E-state index contributed by atoms with van der Waals surface area (Å²) in [6.07, 6.45) is -5.91. The third kappa shape index (κ3) is 4.36. The number of nitrogens with zero attached hydrogens (tertiary/aromatic N) is 1. The fourth-order valence-electron chi connectivity index (χ4n) is 2.88. The molecule has 0 fully saturated rings. The van der Waals surface area contributed by atoms with Crippen LogP contribution in [0.25, 0.3) is 10.8 Å². The first kappa shape index (κ1) is 18.7. The number of amides is 1. The monoisotopic (exact) mass is 374 g/mol. The van der Waals surface area contributed by atoms with Crippen LogP contribution < -0.4 is 5.32 Å². The number of fused-ring (bicyclic) bond motifs is 1. The SMILES string of the molecule is C[C@@H](NC(=O)O[C@@H](c1cccnc1)C(F)(F)F)c1cccc2ccccc12. The van der Waals surface area contributed by atoms with Crippen LogP contribution in [0.4, 0.5) is 18.0 Å². The van der Waals surface area contributed by atoms with Gasteiger partial charge in [-0.1, -0.05) is 48.5 Å². The number of halogens is 3. The van der Waals surface area contributed by atoms with Gasteiger partial charge >= 0.3 is 12.3 Å². The number of alkyl carbamates (subject to hydrolysis) is 1. The number of carbonyl (C=O) groups excluding carboxylic acids is 1. The minimum absolute atomic E-state index is 0.238. The fourth-order valence-corrected chi connectivity index (χ4v) is 2.88. The van der Waals surface area contributed by atoms with Crippen LogP contribution in [-0.4, -0.2) is 17.3 Å². The van der Waals surface area contributed by atoms with Gasteiger partial charge in [0.25, 0.3) is 0 Å². The van der Waals surface area contributed by atoms with Crippen LogP contribution in [0.2, 0.25) is 0 Å². The van der Waals surface area contributed by atoms with Crippen LogP contribution in [0, 0.1) is 0 Å². The highest BCUT2D eigenvalue weighted by Crippen LogP contribution is 2.35. The minimum Gasteiger partial charge on any atom is -0.432 e. The van der Waals surface area contributed by atoms with E-state index in [1.165, 1.54) is 18.3 Å². The molecule has 1 N–H and O–H groups in total. The van der Waals surface area contributed by atoms with E-state index < -0.39 is 24.4 Å². The lowest BCUT2D eigenvalue weighted by Crippen LogP contribution is -2.33. The molecule has 0 saturated heterocycles. The maximum Gasteiger partial charge on any atom is 0.429 e. The zero-order valence-electron chi connectivity index (χ0n) is 14.4. The topological polar surface area (TPSA) is 51.2 Å². The summed E-state index contributed by atoms with van der Waals surface area (Å²) in [7, 11) is 0. The molecule has 0 spiro atoms. The number of hydrogen-bond donors (Lipinski definition) is 1. The lowest BCUT2D eigenvalue weighted by molar-refractivity contribution is -0.206. The smallest absolute Gasteiger partial charge is 0.429 e. The minimum atomic E-state index is -4.75. The highest BCUT2D eigenvalue weighted by Gasteiger charge is 2.44. The number of rotatable bonds is 4. The predicted molar refractivity (Wildman–Crippen MR) is 95.0 cm³/mol. The van der Waals surface area contributed by atoms with E-state index >= 15 is 0 Å². The second kappa shape index (κ2) is 7.65. The van der Waals surface area contributed by atoms with Crippen LogP contribution in [0.5, 0.6) is 0 Å². The first-order chi connectivity index (χ1) is 12.9. The van der Waals surface area contributed by atoms with Crippen LogP contribution in [0.3, 0.4) is 0 Å². The standard InChI is InChI=1S/C20H17F3N2O2/c1-13(16-10-4-7-14-6-2-3-9-17(14)16)25-19(26)27-18(20(21,22)23)15-8-5-11-24-12-15/h2-13,18H,1H3,(H,25,26)/t13-,18+/m1/s1. The molecule has 0 radical (unpaired) electrons. The molecule has 1 aromatic heterocycles. The summed E-state index contributed by atoms with van der Waals surface area (Å²) in [6, 6.07) is 15.2. The quantitative estimate of drug-likeness (QED) is 0.672. The van der Waals surface area contributed by atoms with Crippen molar-refractivity contribution in [2.45, 2.75) is 25.2 Å². The van der Waals surface area contributed by atoms with E-state index in [0.717, 1.165) is 22.5 Å². The molecular weight excluding hydrogens is 357 g/mol. The van der Waals surface area contributed by atoms with E-state index in [4.69, 9.17) is 4.74 Å². The van der Waals surface area contributed by atoms with Gasteiger partial charge in [0.15, 0.2) is 0 Å². The second-order valence-corrected chi connectivity index (χ2v) is 6.05. The second-order valence-electron chi connectivity index (χ2n) is 6.05. The third-order valence-corrected chi connectivity index (χ3v) is 4.13. The molecule has 27 heavy (non-hydrogen) atoms. The number of pyridine rings is 1. The third-order valence-electron chi connectivity index (χ3n) is 4.13. The van der Waals surface area contributed by atoms with Gasteiger partial charge in [0.05, 0.1) is 6.04 Å². The Balaban J connectivity index is 1.77. The van der Waals surface area contributed by atoms with Crippen LogP contribution in [0.15, 0.2) is 67.0 Å². The number of aromatic nitrogens is 1. The summed E-state index contributed by atoms with van der Waals surface area (Å²) < 4.78 is 44.6. The van der Waals surface area contributed by atoms with Crippen LogP contribution in [-0.2, 0) is 4.74 Å². The number of ether oxygens (including phenoxy) is 1. The number of hydrogen-bond acceptors (Lipinski definition) is 3. The highest BCUT2D eigenvalue weighted by molar-refractivity contribution is 5.86. The number of benzene rings is 2. The Hall–Kier alpha value is -3.09. The van der Waals surface area contributed by atoms with Crippen molar-refractivity contribution in [1.29, 1.82) is 0 Å². The Morgan fingerprint density at radius 3 is 2.52 bits per heavy atom. The van der Waals surface area contributed by atoms with E-state index in [1.807, 2.05) is 42.5 Å². The van der Waals surface area contributed by atoms with Gasteiger partial charge in [0.1, 0.15) is 0 Å². The highest BCUT2D eigenvalue weighted by atomic mass is 19.4. The summed E-state index contributed by atoms with van der Waals surface area (Å²) in [5.74, 6) is 0. The lowest BCUT2D eigenvalue weighted by Gasteiger charge is -2.23. The molecule has 0 saturated carbocycles. The first-order valence-corrected chi connectivity index (χ1v) is 8.27. The van der Waals surface area contributed by atoms with Gasteiger partial charge in [-0.05, 0) is 29.3 Å². The molecule has 140 valence electrons. The van der Waals surface area contributed by atoms with Crippen LogP contribution in [0.1, 0.15) is 30.2 Å². The molecule has 0 aliphatic carbocycles. The molecule has 0 aliphatic rings. The number of nitrogens with one attached hydrogen (secondary N) is 1. The van der Waals surface area contributed by atoms with Gasteiger partial charge in [0.2, 0.25) is 6.10 Å². The maximum absolute atomic E-state index is 13.3. The van der Waals surface area contributed by atoms with E-state index in [-0.39, 0.29) is 5.56 Å². The normalized spacial score (nSPS) is 13.8. The molecule has 2 atom stereocenters. The molecule has 0 unspecified atom stereocenters. The Morgan fingerprint density at radius 1 is 1.07 bits per heavy atom. The van der Waals surface area contributed by atoms with E-state index in [1.54, 1.807) is 6.92 Å². The van der Waals surface area contributed by atoms with Gasteiger partial charge in [0, 0.05) is 18.0 Å². The Labute approximate surface area is 154 Å². The molecule has 3 aromatic rings. The Morgan fingerprint density at radius 2 is 1.81 bits per heavy atom. The van der Waals surface area contributed by atoms with Gasteiger partial charge in [-0.15, -0.1) is 0 Å². The van der Waals surface area contributed by atoms with Gasteiger partial charge < -0.3 is 10.1 Å².